The smallest absolute Gasteiger partial charge is 0.329 e. The van der Waals surface area contributed by atoms with E-state index in [2.05, 4.69) is 51.6 Å². The molecule has 10 heteroatoms. The first kappa shape index (κ1) is 23.2. The molecule has 5 heterocycles. The molecule has 1 N–H and O–H groups in total. The van der Waals surface area contributed by atoms with Crippen molar-refractivity contribution in [2.24, 2.45) is 20.0 Å². The molecule has 4 aromatic heterocycles. The highest BCUT2D eigenvalue weighted by Crippen LogP contribution is 2.21. The monoisotopic (exact) mass is 496 g/mol. The lowest BCUT2D eigenvalue weighted by Crippen LogP contribution is -2.34. The molecule has 1 aliphatic rings. The SMILES string of the molecule is Cn1cc(-c2cnc3ncn(Cc4cccc(-c5ncc(OCC6CCNCC6)cn5)c4)c3[n+]2C)cn1. The maximum Gasteiger partial charge on any atom is 0.329 e. The highest BCUT2D eigenvalue weighted by molar-refractivity contribution is 5.65. The van der Waals surface area contributed by atoms with Crippen molar-refractivity contribution in [1.82, 2.24) is 39.6 Å². The normalized spacial score (nSPS) is 14.3. The lowest BCUT2D eigenvalue weighted by molar-refractivity contribution is -0.636. The van der Waals surface area contributed by atoms with Crippen LogP contribution in [0.15, 0.2) is 61.6 Å². The molecule has 1 aliphatic heterocycles. The molecule has 188 valence electrons. The number of fused-ring (bicyclic) bond motifs is 1. The predicted octanol–water partition coefficient (Wildman–Crippen LogP) is 2.54. The Hall–Kier alpha value is -4.18. The van der Waals surface area contributed by atoms with E-state index in [0.717, 1.165) is 54.0 Å². The molecule has 0 atom stereocenters. The van der Waals surface area contributed by atoms with Crippen LogP contribution in [0.2, 0.25) is 0 Å². The number of nitrogens with zero attached hydrogens (tertiary/aromatic N) is 8. The molecule has 0 spiro atoms. The summed E-state index contributed by atoms with van der Waals surface area (Å²) in [6, 6.07) is 8.29. The van der Waals surface area contributed by atoms with Crippen LogP contribution in [-0.2, 0) is 20.6 Å². The second-order valence-corrected chi connectivity index (χ2v) is 9.57. The third kappa shape index (κ3) is 4.92. The molecule has 0 unspecified atom stereocenters. The highest BCUT2D eigenvalue weighted by Gasteiger charge is 2.20. The Bertz CT molecular complexity index is 1520. The van der Waals surface area contributed by atoms with E-state index in [9.17, 15) is 0 Å². The van der Waals surface area contributed by atoms with Crippen LogP contribution in [0, 0.1) is 5.92 Å². The van der Waals surface area contributed by atoms with Crippen molar-refractivity contribution in [1.29, 1.82) is 0 Å². The average Bonchev–Trinajstić information content (AvgIpc) is 3.55. The number of benzene rings is 1. The average molecular weight is 497 g/mol. The Kier molecular flexibility index (Phi) is 6.32. The van der Waals surface area contributed by atoms with Gasteiger partial charge in [0.1, 0.15) is 6.54 Å². The molecule has 1 saturated heterocycles. The fraction of sp³-hybridized carbons (Fsp3) is 0.333. The fourth-order valence-electron chi connectivity index (χ4n) is 4.87. The first-order chi connectivity index (χ1) is 18.1. The molecule has 1 aromatic carbocycles. The van der Waals surface area contributed by atoms with E-state index in [4.69, 9.17) is 4.74 Å². The highest BCUT2D eigenvalue weighted by atomic mass is 16.5. The number of aromatic nitrogens is 8. The fourth-order valence-corrected chi connectivity index (χ4v) is 4.87. The molecular weight excluding hydrogens is 466 g/mol. The Labute approximate surface area is 215 Å². The minimum atomic E-state index is 0.592. The summed E-state index contributed by atoms with van der Waals surface area (Å²) in [5.74, 6) is 1.99. The van der Waals surface area contributed by atoms with Crippen LogP contribution in [-0.4, -0.2) is 54.0 Å². The van der Waals surface area contributed by atoms with Gasteiger partial charge in [0, 0.05) is 18.8 Å². The van der Waals surface area contributed by atoms with Gasteiger partial charge >= 0.3 is 5.65 Å². The van der Waals surface area contributed by atoms with Gasteiger partial charge in [-0.15, -0.1) is 0 Å². The van der Waals surface area contributed by atoms with Crippen molar-refractivity contribution in [3.8, 4) is 28.4 Å². The Morgan fingerprint density at radius 1 is 1.03 bits per heavy atom. The molecule has 0 amide bonds. The van der Waals surface area contributed by atoms with E-state index in [1.807, 2.05) is 51.1 Å². The standard InChI is InChI=1S/C27H30N9O/c1-34-16-22(11-33-34)24-14-31-26-27(35(24)2)36(18-32-26)15-20-4-3-5-21(10-20)25-29-12-23(13-30-25)37-17-19-6-8-28-9-7-19/h3-5,10-14,16,18-19,28H,6-9,15,17H2,1-2H3/q+1. The van der Waals surface area contributed by atoms with Crippen molar-refractivity contribution in [3.05, 3.63) is 67.1 Å². The number of imidazole rings is 1. The third-order valence-electron chi connectivity index (χ3n) is 6.89. The van der Waals surface area contributed by atoms with E-state index in [-0.39, 0.29) is 0 Å². The number of piperidine rings is 1. The largest absolute Gasteiger partial charge is 0.490 e. The molecule has 1 fully saturated rings. The molecule has 0 radical (unpaired) electrons. The van der Waals surface area contributed by atoms with Crippen LogP contribution in [0.4, 0.5) is 0 Å². The second-order valence-electron chi connectivity index (χ2n) is 9.57. The summed E-state index contributed by atoms with van der Waals surface area (Å²) in [6.07, 6.45) is 13.3. The van der Waals surface area contributed by atoms with Gasteiger partial charge in [0.25, 0.3) is 0 Å². The molecule has 6 rings (SSSR count). The van der Waals surface area contributed by atoms with Crippen LogP contribution in [0.1, 0.15) is 18.4 Å². The van der Waals surface area contributed by atoms with Crippen molar-refractivity contribution >= 4 is 11.3 Å². The van der Waals surface area contributed by atoms with Crippen LogP contribution in [0.3, 0.4) is 0 Å². The van der Waals surface area contributed by atoms with Gasteiger partial charge in [-0.2, -0.15) is 10.1 Å². The molecule has 0 bridgehead atoms. The van der Waals surface area contributed by atoms with E-state index in [1.165, 1.54) is 0 Å². The Morgan fingerprint density at radius 3 is 2.65 bits per heavy atom. The van der Waals surface area contributed by atoms with E-state index < -0.39 is 0 Å². The second kappa shape index (κ2) is 10.1. The number of aryl methyl sites for hydroxylation is 2. The van der Waals surface area contributed by atoms with Gasteiger partial charge in [-0.05, 0) is 43.5 Å². The van der Waals surface area contributed by atoms with Gasteiger partial charge in [-0.3, -0.25) is 4.68 Å². The van der Waals surface area contributed by atoms with Gasteiger partial charge < -0.3 is 10.1 Å². The van der Waals surface area contributed by atoms with E-state index >= 15 is 0 Å². The summed E-state index contributed by atoms with van der Waals surface area (Å²) in [6.45, 7) is 3.49. The Balaban J connectivity index is 1.20. The molecule has 10 nitrogen and oxygen atoms in total. The molecule has 0 saturated carbocycles. The first-order valence-corrected chi connectivity index (χ1v) is 12.6. The summed E-state index contributed by atoms with van der Waals surface area (Å²) < 4.78 is 12.0. The van der Waals surface area contributed by atoms with Crippen molar-refractivity contribution < 1.29 is 9.30 Å². The van der Waals surface area contributed by atoms with Crippen LogP contribution >= 0.6 is 0 Å². The zero-order valence-electron chi connectivity index (χ0n) is 21.1. The Morgan fingerprint density at radius 2 is 1.86 bits per heavy atom. The third-order valence-corrected chi connectivity index (χ3v) is 6.89. The number of rotatable bonds is 7. The quantitative estimate of drug-likeness (QED) is 0.346. The number of ether oxygens (including phenoxy) is 1. The van der Waals surface area contributed by atoms with Crippen molar-refractivity contribution in [3.63, 3.8) is 0 Å². The molecule has 5 aromatic rings. The summed E-state index contributed by atoms with van der Waals surface area (Å²) in [7, 11) is 3.94. The van der Waals surface area contributed by atoms with E-state index in [0.29, 0.717) is 36.3 Å². The van der Waals surface area contributed by atoms with Gasteiger partial charge in [-0.25, -0.2) is 24.1 Å². The van der Waals surface area contributed by atoms with Crippen molar-refractivity contribution in [2.45, 2.75) is 19.4 Å². The van der Waals surface area contributed by atoms with Gasteiger partial charge in [-0.1, -0.05) is 18.2 Å². The van der Waals surface area contributed by atoms with E-state index in [1.54, 1.807) is 17.1 Å². The zero-order valence-corrected chi connectivity index (χ0v) is 21.1. The first-order valence-electron chi connectivity index (χ1n) is 12.6. The number of nitrogens with one attached hydrogen (secondary N) is 1. The predicted molar refractivity (Wildman–Crippen MR) is 139 cm³/mol. The zero-order chi connectivity index (χ0) is 25.2. The summed E-state index contributed by atoms with van der Waals surface area (Å²) in [5, 5.41) is 7.68. The lowest BCUT2D eigenvalue weighted by atomic mass is 9.99. The minimum Gasteiger partial charge on any atom is -0.490 e. The van der Waals surface area contributed by atoms with Crippen LogP contribution in [0.25, 0.3) is 33.9 Å². The van der Waals surface area contributed by atoms with Gasteiger partial charge in [0.2, 0.25) is 5.65 Å². The van der Waals surface area contributed by atoms with Gasteiger partial charge in [0.05, 0.1) is 44.0 Å². The number of hydrogen-bond donors (Lipinski definition) is 1. The summed E-state index contributed by atoms with van der Waals surface area (Å²) >= 11 is 0. The van der Waals surface area contributed by atoms with Crippen LogP contribution < -0.4 is 14.6 Å². The summed E-state index contributed by atoms with van der Waals surface area (Å²) in [5.41, 5.74) is 5.72. The van der Waals surface area contributed by atoms with Gasteiger partial charge in [0.15, 0.2) is 23.6 Å². The maximum atomic E-state index is 5.95. The van der Waals surface area contributed by atoms with Crippen molar-refractivity contribution in [2.75, 3.05) is 19.7 Å². The lowest BCUT2D eigenvalue weighted by Gasteiger charge is -2.22. The topological polar surface area (TPSA) is 99.5 Å². The minimum absolute atomic E-state index is 0.592. The maximum absolute atomic E-state index is 5.95. The molecular formula is C27H30N9O+. The molecule has 0 aliphatic carbocycles. The number of hydrogen-bond acceptors (Lipinski definition) is 7. The summed E-state index contributed by atoms with van der Waals surface area (Å²) in [4.78, 5) is 18.3. The van der Waals surface area contributed by atoms with Crippen LogP contribution in [0.5, 0.6) is 5.75 Å². The molecule has 37 heavy (non-hydrogen) atoms.